The fourth-order valence-electron chi connectivity index (χ4n) is 1.68. The maximum absolute atomic E-state index is 12.3. The second-order valence-electron chi connectivity index (χ2n) is 4.37. The van der Waals surface area contributed by atoms with E-state index in [0.29, 0.717) is 24.3 Å². The number of carbonyl (C=O) groups excluding carboxylic acids is 1. The van der Waals surface area contributed by atoms with Gasteiger partial charge in [-0.25, -0.2) is 0 Å². The molecular formula is C14H20N2O. The van der Waals surface area contributed by atoms with Crippen LogP contribution < -0.4 is 5.73 Å². The van der Waals surface area contributed by atoms with E-state index in [1.807, 2.05) is 32.9 Å². The first-order valence-corrected chi connectivity index (χ1v) is 5.75. The molecule has 0 fully saturated rings. The van der Waals surface area contributed by atoms with Crippen LogP contribution in [0.25, 0.3) is 0 Å². The van der Waals surface area contributed by atoms with Gasteiger partial charge in [0.25, 0.3) is 5.91 Å². The first kappa shape index (κ1) is 13.3. The monoisotopic (exact) mass is 232 g/mol. The highest BCUT2D eigenvalue weighted by molar-refractivity contribution is 5.99. The third-order valence-corrected chi connectivity index (χ3v) is 2.57. The zero-order valence-electron chi connectivity index (χ0n) is 10.8. The van der Waals surface area contributed by atoms with Crippen LogP contribution in [0.1, 0.15) is 29.8 Å². The molecule has 3 nitrogen and oxygen atoms in total. The van der Waals surface area contributed by atoms with Crippen molar-refractivity contribution >= 4 is 11.6 Å². The standard InChI is InChI=1S/C14H20N2O/c1-5-16(9-10(2)3)14(17)12-8-11(4)6-7-13(12)15/h6-8H,2,5,9,15H2,1,3-4H3. The van der Waals surface area contributed by atoms with Gasteiger partial charge in [-0.05, 0) is 32.9 Å². The van der Waals surface area contributed by atoms with E-state index in [2.05, 4.69) is 6.58 Å². The van der Waals surface area contributed by atoms with Gasteiger partial charge in [0.15, 0.2) is 0 Å². The molecule has 92 valence electrons. The van der Waals surface area contributed by atoms with Crippen molar-refractivity contribution in [1.29, 1.82) is 0 Å². The molecule has 0 unspecified atom stereocenters. The summed E-state index contributed by atoms with van der Waals surface area (Å²) in [5, 5.41) is 0. The average Bonchev–Trinajstić information content (AvgIpc) is 2.28. The Hall–Kier alpha value is -1.77. The second-order valence-corrected chi connectivity index (χ2v) is 4.37. The molecule has 0 atom stereocenters. The Kier molecular flexibility index (Phi) is 4.32. The molecule has 0 radical (unpaired) electrons. The van der Waals surface area contributed by atoms with Gasteiger partial charge < -0.3 is 10.6 Å². The second kappa shape index (κ2) is 5.53. The van der Waals surface area contributed by atoms with Crippen LogP contribution in [0.3, 0.4) is 0 Å². The number of carbonyl (C=O) groups is 1. The summed E-state index contributed by atoms with van der Waals surface area (Å²) in [6.07, 6.45) is 0. The molecule has 0 bridgehead atoms. The molecule has 0 saturated heterocycles. The number of anilines is 1. The minimum absolute atomic E-state index is 0.0308. The number of nitrogens with two attached hydrogens (primary N) is 1. The van der Waals surface area contributed by atoms with Crippen LogP contribution in [-0.4, -0.2) is 23.9 Å². The Bertz CT molecular complexity index is 438. The van der Waals surface area contributed by atoms with Crippen LogP contribution in [0.15, 0.2) is 30.4 Å². The summed E-state index contributed by atoms with van der Waals surface area (Å²) < 4.78 is 0. The van der Waals surface area contributed by atoms with Crippen LogP contribution in [0.4, 0.5) is 5.69 Å². The van der Waals surface area contributed by atoms with Gasteiger partial charge in [0.2, 0.25) is 0 Å². The average molecular weight is 232 g/mol. The van der Waals surface area contributed by atoms with Crippen LogP contribution >= 0.6 is 0 Å². The summed E-state index contributed by atoms with van der Waals surface area (Å²) in [6.45, 7) is 10.9. The van der Waals surface area contributed by atoms with E-state index in [9.17, 15) is 4.79 Å². The molecule has 17 heavy (non-hydrogen) atoms. The van der Waals surface area contributed by atoms with Crippen molar-refractivity contribution in [2.45, 2.75) is 20.8 Å². The van der Waals surface area contributed by atoms with E-state index in [-0.39, 0.29) is 5.91 Å². The fourth-order valence-corrected chi connectivity index (χ4v) is 1.68. The van der Waals surface area contributed by atoms with Crippen molar-refractivity contribution in [1.82, 2.24) is 4.90 Å². The molecule has 1 amide bonds. The predicted molar refractivity (Wildman–Crippen MR) is 72.0 cm³/mol. The van der Waals surface area contributed by atoms with Crippen LogP contribution in [0, 0.1) is 6.92 Å². The molecule has 0 aliphatic heterocycles. The van der Waals surface area contributed by atoms with Gasteiger partial charge in [-0.2, -0.15) is 0 Å². The summed E-state index contributed by atoms with van der Waals surface area (Å²) in [7, 11) is 0. The van der Waals surface area contributed by atoms with Crippen molar-refractivity contribution in [2.75, 3.05) is 18.8 Å². The Morgan fingerprint density at radius 3 is 2.65 bits per heavy atom. The van der Waals surface area contributed by atoms with Crippen molar-refractivity contribution in [3.05, 3.63) is 41.5 Å². The van der Waals surface area contributed by atoms with Gasteiger partial charge in [0.1, 0.15) is 0 Å². The van der Waals surface area contributed by atoms with Crippen molar-refractivity contribution < 1.29 is 4.79 Å². The van der Waals surface area contributed by atoms with Crippen molar-refractivity contribution in [3.63, 3.8) is 0 Å². The number of nitrogen functional groups attached to an aromatic ring is 1. The minimum atomic E-state index is -0.0308. The summed E-state index contributed by atoms with van der Waals surface area (Å²) in [6, 6.07) is 5.51. The number of rotatable bonds is 4. The number of aryl methyl sites for hydroxylation is 1. The van der Waals surface area contributed by atoms with Gasteiger partial charge in [-0.15, -0.1) is 0 Å². The quantitative estimate of drug-likeness (QED) is 0.640. The summed E-state index contributed by atoms with van der Waals surface area (Å²) in [5.74, 6) is -0.0308. The number of amides is 1. The van der Waals surface area contributed by atoms with Crippen molar-refractivity contribution in [2.24, 2.45) is 0 Å². The molecule has 3 heteroatoms. The zero-order chi connectivity index (χ0) is 13.0. The highest BCUT2D eigenvalue weighted by Crippen LogP contribution is 2.16. The third kappa shape index (κ3) is 3.34. The van der Waals surface area contributed by atoms with Gasteiger partial charge in [0.05, 0.1) is 5.56 Å². The Labute approximate surface area is 103 Å². The molecule has 0 saturated carbocycles. The third-order valence-electron chi connectivity index (χ3n) is 2.57. The van der Waals surface area contributed by atoms with Crippen LogP contribution in [-0.2, 0) is 0 Å². The van der Waals surface area contributed by atoms with Gasteiger partial charge in [-0.1, -0.05) is 23.8 Å². The minimum Gasteiger partial charge on any atom is -0.398 e. The van der Waals surface area contributed by atoms with Crippen LogP contribution in [0.2, 0.25) is 0 Å². The highest BCUT2D eigenvalue weighted by atomic mass is 16.2. The number of hydrogen-bond acceptors (Lipinski definition) is 2. The van der Waals surface area contributed by atoms with Gasteiger partial charge in [-0.3, -0.25) is 4.79 Å². The lowest BCUT2D eigenvalue weighted by molar-refractivity contribution is 0.0779. The molecule has 0 aliphatic rings. The van der Waals surface area contributed by atoms with E-state index in [1.165, 1.54) is 0 Å². The normalized spacial score (nSPS) is 10.1. The molecule has 1 aromatic carbocycles. The highest BCUT2D eigenvalue weighted by Gasteiger charge is 2.16. The SMILES string of the molecule is C=C(C)CN(CC)C(=O)c1cc(C)ccc1N. The predicted octanol–water partition coefficient (Wildman–Crippen LogP) is 2.62. The van der Waals surface area contributed by atoms with E-state index >= 15 is 0 Å². The lowest BCUT2D eigenvalue weighted by Gasteiger charge is -2.22. The lowest BCUT2D eigenvalue weighted by atomic mass is 10.1. The molecule has 0 heterocycles. The first-order valence-electron chi connectivity index (χ1n) is 5.75. The van der Waals surface area contributed by atoms with E-state index in [0.717, 1.165) is 11.1 Å². The molecule has 1 rings (SSSR count). The number of benzene rings is 1. The molecule has 2 N–H and O–H groups in total. The molecule has 1 aromatic rings. The van der Waals surface area contributed by atoms with E-state index in [4.69, 9.17) is 5.73 Å². The zero-order valence-corrected chi connectivity index (χ0v) is 10.8. The number of likely N-dealkylation sites (N-methyl/N-ethyl adjacent to an activating group) is 1. The molecule has 0 aliphatic carbocycles. The van der Waals surface area contributed by atoms with E-state index < -0.39 is 0 Å². The maximum atomic E-state index is 12.3. The number of hydrogen-bond donors (Lipinski definition) is 1. The first-order chi connectivity index (χ1) is 7.95. The molecular weight excluding hydrogens is 212 g/mol. The van der Waals surface area contributed by atoms with Crippen LogP contribution in [0.5, 0.6) is 0 Å². The topological polar surface area (TPSA) is 46.3 Å². The fraction of sp³-hybridized carbons (Fsp3) is 0.357. The summed E-state index contributed by atoms with van der Waals surface area (Å²) in [5.41, 5.74) is 8.95. The summed E-state index contributed by atoms with van der Waals surface area (Å²) >= 11 is 0. The number of nitrogens with zero attached hydrogens (tertiary/aromatic N) is 1. The summed E-state index contributed by atoms with van der Waals surface area (Å²) in [4.78, 5) is 14.0. The Balaban J connectivity index is 3.01. The van der Waals surface area contributed by atoms with Gasteiger partial charge in [0, 0.05) is 18.8 Å². The maximum Gasteiger partial charge on any atom is 0.256 e. The molecule has 0 spiro atoms. The largest absolute Gasteiger partial charge is 0.398 e. The smallest absolute Gasteiger partial charge is 0.256 e. The van der Waals surface area contributed by atoms with E-state index in [1.54, 1.807) is 11.0 Å². The Morgan fingerprint density at radius 1 is 1.47 bits per heavy atom. The van der Waals surface area contributed by atoms with Gasteiger partial charge >= 0.3 is 0 Å². The lowest BCUT2D eigenvalue weighted by Crippen LogP contribution is -2.32. The van der Waals surface area contributed by atoms with Crippen molar-refractivity contribution in [3.8, 4) is 0 Å². The Morgan fingerprint density at radius 2 is 2.12 bits per heavy atom. The molecule has 0 aromatic heterocycles.